The Hall–Kier alpha value is -5.99. The Morgan fingerprint density at radius 1 is 0.747 bits per heavy atom. The monoisotopic (exact) mass is 1240 g/mol. The van der Waals surface area contributed by atoms with Crippen LogP contribution in [0, 0.1) is 13.8 Å². The van der Waals surface area contributed by atoms with Crippen LogP contribution in [-0.4, -0.2) is 156 Å². The number of carboxylic acids is 1. The summed E-state index contributed by atoms with van der Waals surface area (Å²) in [5.41, 5.74) is -2.87. The molecule has 0 bridgehead atoms. The number of hydrogen-bond donors (Lipinski definition) is 1. The Bertz CT molecular complexity index is 3770. The highest BCUT2D eigenvalue weighted by Crippen LogP contribution is 2.60. The largest absolute Gasteiger partial charge is 0.496 e. The molecule has 5 aliphatic rings. The Kier molecular flexibility index (Phi) is 16.6. The number of benzene rings is 2. The Balaban J connectivity index is 1.05. The fourth-order valence-corrected chi connectivity index (χ4v) is 15.5. The third-order valence-electron chi connectivity index (χ3n) is 17.6. The van der Waals surface area contributed by atoms with E-state index in [4.69, 9.17) is 28.4 Å². The number of aliphatic carboxylic acids is 1. The molecule has 11 rings (SSSR count). The van der Waals surface area contributed by atoms with Crippen LogP contribution in [0.4, 0.5) is 0 Å². The van der Waals surface area contributed by atoms with Crippen LogP contribution in [0.25, 0.3) is 20.4 Å². The first kappa shape index (κ1) is 58.8. The first-order valence-electron chi connectivity index (χ1n) is 28.2. The summed E-state index contributed by atoms with van der Waals surface area (Å²) in [5, 5.41) is 11.0. The molecule has 24 heteroatoms. The van der Waals surface area contributed by atoms with E-state index in [0.717, 1.165) is 21.5 Å². The van der Waals surface area contributed by atoms with Crippen LogP contribution in [0.3, 0.4) is 0 Å². The first-order valence-corrected chi connectivity index (χ1v) is 30.7. The number of methoxy groups -OCH3 is 2. The number of hydrogen-bond acceptors (Lipinski definition) is 16. The van der Waals surface area contributed by atoms with Crippen molar-refractivity contribution in [3.63, 3.8) is 0 Å². The third kappa shape index (κ3) is 10.7. The highest BCUT2D eigenvalue weighted by atomic mass is 79.9. The molecule has 2 amide bonds. The van der Waals surface area contributed by atoms with E-state index in [1.807, 2.05) is 61.3 Å². The lowest BCUT2D eigenvalue weighted by atomic mass is 9.98. The van der Waals surface area contributed by atoms with Crippen LogP contribution in [0.2, 0.25) is 0 Å². The molecular weight excluding hydrogens is 1170 g/mol. The number of amides is 2. The van der Waals surface area contributed by atoms with Crippen molar-refractivity contribution in [1.29, 1.82) is 0 Å². The molecule has 3 unspecified atom stereocenters. The summed E-state index contributed by atoms with van der Waals surface area (Å²) >= 11 is 6.01. The number of carboxylic acid groups (broad SMARTS) is 1. The number of para-hydroxylation sites is 1. The van der Waals surface area contributed by atoms with E-state index in [1.54, 1.807) is 32.7 Å². The van der Waals surface area contributed by atoms with Crippen molar-refractivity contribution in [2.45, 2.75) is 120 Å². The molecule has 4 aromatic heterocycles. The predicted molar refractivity (Wildman–Crippen MR) is 316 cm³/mol. The molecule has 2 aliphatic carbocycles. The lowest BCUT2D eigenvalue weighted by Crippen LogP contribution is -2.51. The molecule has 83 heavy (non-hydrogen) atoms. The van der Waals surface area contributed by atoms with Crippen molar-refractivity contribution in [2.24, 2.45) is 0 Å². The van der Waals surface area contributed by atoms with Gasteiger partial charge in [0.1, 0.15) is 38.9 Å². The number of nitrogens with zero attached hydrogens (tertiary/aromatic N) is 7. The fraction of sp³-hybridized carbons (Fsp3) is 0.542. The maximum atomic E-state index is 15.9. The van der Waals surface area contributed by atoms with E-state index in [-0.39, 0.29) is 77.9 Å². The number of carbonyl (C=O) groups excluding carboxylic acids is 2. The summed E-state index contributed by atoms with van der Waals surface area (Å²) in [6, 6.07) is 13.1. The van der Waals surface area contributed by atoms with Gasteiger partial charge >= 0.3 is 17.3 Å². The average Bonchev–Trinajstić information content (AvgIpc) is 1.80. The number of aromatic nitrogens is 4. The van der Waals surface area contributed by atoms with Crippen LogP contribution >= 0.6 is 38.6 Å². The summed E-state index contributed by atoms with van der Waals surface area (Å²) in [6.07, 6.45) is 0.461. The number of ether oxygens (including phenoxy) is 6. The zero-order valence-electron chi connectivity index (χ0n) is 47.7. The molecule has 21 nitrogen and oxygen atoms in total. The van der Waals surface area contributed by atoms with Crippen LogP contribution in [-0.2, 0) is 52.7 Å². The maximum absolute atomic E-state index is 15.9. The number of aryl methyl sites for hydroxylation is 2. The molecular formula is C59H70BrN7O14S2. The number of rotatable bonds is 19. The molecule has 3 saturated heterocycles. The van der Waals surface area contributed by atoms with Gasteiger partial charge in [0.2, 0.25) is 5.91 Å². The molecule has 7 heterocycles. The molecule has 5 fully saturated rings. The minimum absolute atomic E-state index is 0.0203. The van der Waals surface area contributed by atoms with Gasteiger partial charge in [0.25, 0.3) is 17.0 Å². The van der Waals surface area contributed by atoms with Crippen molar-refractivity contribution in [3.8, 4) is 11.5 Å². The zero-order valence-corrected chi connectivity index (χ0v) is 51.0. The molecule has 0 spiro atoms. The van der Waals surface area contributed by atoms with Gasteiger partial charge in [0, 0.05) is 83.7 Å². The minimum atomic E-state index is -1.76. The molecule has 2 aromatic carbocycles. The lowest BCUT2D eigenvalue weighted by molar-refractivity contribution is -0.142. The SMILES string of the molecule is COc1ccccc1C(Cn1c(=O)n(C2(CC(=O)N3CCN(C)CC3)CC2c2ccc([C@H](Cn3c(=O)n(C4(C(=O)O)CC4)c(=O)c4c(C)c(C(=O)N(C)C)sc43)OC3CCOCC3)c(OC)c2)c(=O)c2c(C)c(Br)sc21)OC1CCOCC1. The van der Waals surface area contributed by atoms with Crippen molar-refractivity contribution in [2.75, 3.05) is 88.0 Å². The summed E-state index contributed by atoms with van der Waals surface area (Å²) in [5.74, 6) is -1.49. The number of carbonyl (C=O) groups is 3. The third-order valence-corrected chi connectivity index (χ3v) is 21.0. The lowest BCUT2D eigenvalue weighted by Gasteiger charge is -2.34. The number of fused-ring (bicyclic) bond motifs is 2. The van der Waals surface area contributed by atoms with Gasteiger partial charge in [-0.1, -0.05) is 30.3 Å². The van der Waals surface area contributed by atoms with Gasteiger partial charge in [-0.15, -0.1) is 22.7 Å². The van der Waals surface area contributed by atoms with Crippen molar-refractivity contribution < 1.29 is 47.9 Å². The van der Waals surface area contributed by atoms with Gasteiger partial charge in [0.05, 0.1) is 70.9 Å². The van der Waals surface area contributed by atoms with Crippen LogP contribution in [0.15, 0.2) is 65.4 Å². The van der Waals surface area contributed by atoms with Crippen LogP contribution in [0.1, 0.15) is 107 Å². The maximum Gasteiger partial charge on any atom is 0.333 e. The number of halogens is 1. The number of thiophene rings is 2. The van der Waals surface area contributed by atoms with Gasteiger partial charge < -0.3 is 48.2 Å². The van der Waals surface area contributed by atoms with E-state index < -0.39 is 57.7 Å². The highest BCUT2D eigenvalue weighted by Gasteiger charge is 2.60. The van der Waals surface area contributed by atoms with Gasteiger partial charge in [-0.05, 0) is 111 Å². The summed E-state index contributed by atoms with van der Waals surface area (Å²) in [4.78, 5) is 109. The van der Waals surface area contributed by atoms with Gasteiger partial charge in [-0.3, -0.25) is 32.9 Å². The Morgan fingerprint density at radius 3 is 1.86 bits per heavy atom. The van der Waals surface area contributed by atoms with E-state index in [0.29, 0.717) is 126 Å². The Morgan fingerprint density at radius 2 is 1.29 bits per heavy atom. The molecule has 1 N–H and O–H groups in total. The summed E-state index contributed by atoms with van der Waals surface area (Å²) in [7, 11) is 8.29. The second-order valence-electron chi connectivity index (χ2n) is 22.9. The number of piperazine rings is 1. The summed E-state index contributed by atoms with van der Waals surface area (Å²) < 4.78 is 43.3. The quantitative estimate of drug-likeness (QED) is 0.0932. The smallest absolute Gasteiger partial charge is 0.333 e. The van der Waals surface area contributed by atoms with Gasteiger partial charge in [-0.25, -0.2) is 19.0 Å². The van der Waals surface area contributed by atoms with Crippen LogP contribution < -0.4 is 32.0 Å². The van der Waals surface area contributed by atoms with Gasteiger partial charge in [0.15, 0.2) is 0 Å². The topological polar surface area (TPSA) is 225 Å². The first-order chi connectivity index (χ1) is 39.8. The van der Waals surface area contributed by atoms with Crippen molar-refractivity contribution >= 4 is 76.8 Å². The summed E-state index contributed by atoms with van der Waals surface area (Å²) in [6.45, 7) is 7.50. The van der Waals surface area contributed by atoms with Crippen LogP contribution in [0.5, 0.6) is 11.5 Å². The second kappa shape index (κ2) is 23.5. The predicted octanol–water partition coefficient (Wildman–Crippen LogP) is 6.36. The highest BCUT2D eigenvalue weighted by molar-refractivity contribution is 9.11. The van der Waals surface area contributed by atoms with E-state index in [1.165, 1.54) is 32.5 Å². The van der Waals surface area contributed by atoms with Crippen molar-refractivity contribution in [3.05, 3.63) is 121 Å². The van der Waals surface area contributed by atoms with Gasteiger partial charge in [-0.2, -0.15) is 0 Å². The normalized spacial score (nSPS) is 21.1. The van der Waals surface area contributed by atoms with E-state index in [2.05, 4.69) is 20.8 Å². The average molecular weight is 1250 g/mol. The van der Waals surface area contributed by atoms with E-state index in [9.17, 15) is 24.3 Å². The standard InChI is InChI=1S/C59H70BrN7O14S2/c1-33-46-50(69)66(58(18-19-58)55(72)73)56(74)64(53(46)82-48(33)52(71)61(3)4)32-44(81-37-16-26-79-27-17-37)39-13-12-35(28-42(39)77-7)40-29-59(40,30-45(68)63-22-20-62(5)21-23-63)67-51(70)47-34(2)49(60)83-54(47)65(57(67)75)31-43(80-36-14-24-78-25-15-36)38-10-8-9-11-41(38)76-6/h8-13,28,36-37,40,43-44H,14-27,29-32H2,1-7H3,(H,72,73)/t40?,43?,44-,59?/m0/s1. The molecule has 2 saturated carbocycles. The molecule has 444 valence electrons. The molecule has 6 aromatic rings. The molecule has 0 radical (unpaired) electrons. The van der Waals surface area contributed by atoms with Crippen molar-refractivity contribution in [1.82, 2.24) is 33.0 Å². The molecule has 3 aliphatic heterocycles. The number of likely N-dealkylation sites (N-methyl/N-ethyl adjacent to an activating group) is 1. The zero-order chi connectivity index (χ0) is 58.8. The van der Waals surface area contributed by atoms with E-state index >= 15 is 14.4 Å². The molecule has 4 atom stereocenters. The fourth-order valence-electron chi connectivity index (χ4n) is 12.5. The Labute approximate surface area is 494 Å². The second-order valence-corrected chi connectivity index (χ2v) is 26.2. The minimum Gasteiger partial charge on any atom is -0.496 e.